The van der Waals surface area contributed by atoms with Crippen molar-refractivity contribution in [2.45, 2.75) is 26.4 Å². The molecule has 0 saturated carbocycles. The van der Waals surface area contributed by atoms with Crippen LogP contribution in [0, 0.1) is 5.82 Å². The lowest BCUT2D eigenvalue weighted by Gasteiger charge is -2.19. The van der Waals surface area contributed by atoms with Crippen molar-refractivity contribution in [1.82, 2.24) is 9.97 Å². The van der Waals surface area contributed by atoms with Gasteiger partial charge in [0.15, 0.2) is 0 Å². The van der Waals surface area contributed by atoms with Crippen molar-refractivity contribution in [1.29, 1.82) is 0 Å². The monoisotopic (exact) mass is 413 g/mol. The zero-order chi connectivity index (χ0) is 19.1. The molecule has 3 rings (SSSR count). The first-order chi connectivity index (χ1) is 12.1. The average Bonchev–Trinajstić information content (AvgIpc) is 2.89. The number of carbonyl (C=O) groups excluding carboxylic acids is 1. The molecule has 9 heteroatoms. The molecule has 0 atom stereocenters. The Hall–Kier alpha value is -1.96. The van der Waals surface area contributed by atoms with Gasteiger partial charge < -0.3 is 4.74 Å². The van der Waals surface area contributed by atoms with Gasteiger partial charge in [-0.15, -0.1) is 11.3 Å². The lowest BCUT2D eigenvalue weighted by molar-refractivity contribution is 0.0636. The van der Waals surface area contributed by atoms with Crippen LogP contribution in [0.5, 0.6) is 0 Å². The minimum absolute atomic E-state index is 0.110. The van der Waals surface area contributed by atoms with Crippen molar-refractivity contribution in [3.05, 3.63) is 40.4 Å². The maximum Gasteiger partial charge on any atom is 0.412 e. The highest BCUT2D eigenvalue weighted by molar-refractivity contribution is 7.22. The van der Waals surface area contributed by atoms with E-state index in [2.05, 4.69) is 15.3 Å². The Bertz CT molecular complexity index is 978. The lowest BCUT2D eigenvalue weighted by Crippen LogP contribution is -2.27. The second-order valence-corrected chi connectivity index (χ2v) is 8.18. The highest BCUT2D eigenvalue weighted by Gasteiger charge is 2.20. The van der Waals surface area contributed by atoms with Crippen molar-refractivity contribution in [3.8, 4) is 10.6 Å². The fourth-order valence-electron chi connectivity index (χ4n) is 2.20. The molecule has 1 amide bonds. The molecule has 2 aromatic heterocycles. The summed E-state index contributed by atoms with van der Waals surface area (Å²) in [6, 6.07) is 4.29. The van der Waals surface area contributed by atoms with E-state index in [-0.39, 0.29) is 16.3 Å². The van der Waals surface area contributed by atoms with Crippen LogP contribution in [0.15, 0.2) is 24.4 Å². The molecule has 0 aliphatic heterocycles. The van der Waals surface area contributed by atoms with E-state index >= 15 is 0 Å². The number of hydrogen-bond acceptors (Lipinski definition) is 5. The minimum atomic E-state index is -0.696. The maximum atomic E-state index is 14.7. The molecule has 0 radical (unpaired) electrons. The van der Waals surface area contributed by atoms with E-state index in [1.807, 2.05) is 0 Å². The molecule has 0 spiro atoms. The van der Waals surface area contributed by atoms with Gasteiger partial charge in [0.2, 0.25) is 0 Å². The number of thiazole rings is 1. The Balaban J connectivity index is 1.94. The molecule has 0 aliphatic carbocycles. The lowest BCUT2D eigenvalue weighted by atomic mass is 10.2. The number of carbonyl (C=O) groups is 1. The Morgan fingerprint density at radius 3 is 2.65 bits per heavy atom. The summed E-state index contributed by atoms with van der Waals surface area (Å²) in [5.74, 6) is -0.619. The molecule has 5 nitrogen and oxygen atoms in total. The number of halogens is 3. The predicted octanol–water partition coefficient (Wildman–Crippen LogP) is 6.15. The zero-order valence-electron chi connectivity index (χ0n) is 14.1. The van der Waals surface area contributed by atoms with Crippen LogP contribution in [0.25, 0.3) is 20.8 Å². The van der Waals surface area contributed by atoms with Crippen molar-refractivity contribution in [2.75, 3.05) is 5.32 Å². The third-order valence-electron chi connectivity index (χ3n) is 3.16. The van der Waals surface area contributed by atoms with Gasteiger partial charge in [0.05, 0.1) is 20.8 Å². The molecule has 0 fully saturated rings. The van der Waals surface area contributed by atoms with Crippen LogP contribution in [0.4, 0.5) is 14.9 Å². The van der Waals surface area contributed by atoms with E-state index in [9.17, 15) is 9.18 Å². The largest absolute Gasteiger partial charge is 0.444 e. The summed E-state index contributed by atoms with van der Waals surface area (Å²) in [5, 5.41) is 3.24. The molecule has 1 N–H and O–H groups in total. The summed E-state index contributed by atoms with van der Waals surface area (Å²) in [6.45, 7) is 5.20. The number of anilines is 1. The third-order valence-corrected chi connectivity index (χ3v) is 4.95. The Morgan fingerprint density at radius 1 is 1.31 bits per heavy atom. The summed E-state index contributed by atoms with van der Waals surface area (Å²) in [5.41, 5.74) is 0.266. The molecular formula is C17H14Cl2FN3O2S. The Morgan fingerprint density at radius 2 is 2.04 bits per heavy atom. The number of pyridine rings is 1. The standard InChI is InChI=1S/C17H14Cl2FN3O2S/c1-17(2,3)25-16(24)22-8-6-9(18)12(10(20)7-8)15-23-11-4-5-21-14(19)13(11)26-15/h4-7H,1-3H3,(H,22,24). The zero-order valence-corrected chi connectivity index (χ0v) is 16.4. The summed E-state index contributed by atoms with van der Waals surface area (Å²) < 4.78 is 20.4. The minimum Gasteiger partial charge on any atom is -0.444 e. The van der Waals surface area contributed by atoms with Gasteiger partial charge in [-0.2, -0.15) is 0 Å². The number of ether oxygens (including phenoxy) is 1. The van der Waals surface area contributed by atoms with Crippen LogP contribution in [-0.2, 0) is 4.74 Å². The fraction of sp³-hybridized carbons (Fsp3) is 0.235. The highest BCUT2D eigenvalue weighted by Crippen LogP contribution is 2.39. The Labute approximate surface area is 163 Å². The van der Waals surface area contributed by atoms with Crippen LogP contribution in [-0.4, -0.2) is 21.7 Å². The van der Waals surface area contributed by atoms with Crippen LogP contribution in [0.3, 0.4) is 0 Å². The molecule has 0 saturated heterocycles. The topological polar surface area (TPSA) is 64.1 Å². The van der Waals surface area contributed by atoms with E-state index in [0.717, 1.165) is 6.07 Å². The quantitative estimate of drug-likeness (QED) is 0.511. The normalized spacial score (nSPS) is 11.6. The fourth-order valence-corrected chi connectivity index (χ4v) is 3.83. The summed E-state index contributed by atoms with van der Waals surface area (Å²) >= 11 is 13.5. The van der Waals surface area contributed by atoms with E-state index in [1.54, 1.807) is 26.8 Å². The summed E-state index contributed by atoms with van der Waals surface area (Å²) in [7, 11) is 0. The molecular weight excluding hydrogens is 400 g/mol. The van der Waals surface area contributed by atoms with E-state index in [1.165, 1.54) is 23.6 Å². The van der Waals surface area contributed by atoms with E-state index in [4.69, 9.17) is 27.9 Å². The first-order valence-electron chi connectivity index (χ1n) is 7.54. The van der Waals surface area contributed by atoms with Gasteiger partial charge >= 0.3 is 6.09 Å². The summed E-state index contributed by atoms with van der Waals surface area (Å²) in [6.07, 6.45) is 0.832. The number of hydrogen-bond donors (Lipinski definition) is 1. The number of nitrogens with one attached hydrogen (secondary N) is 1. The van der Waals surface area contributed by atoms with Crippen LogP contribution >= 0.6 is 34.5 Å². The van der Waals surface area contributed by atoms with Gasteiger partial charge in [-0.05, 0) is 39.0 Å². The second-order valence-electron chi connectivity index (χ2n) is 6.41. The van der Waals surface area contributed by atoms with E-state index < -0.39 is 17.5 Å². The van der Waals surface area contributed by atoms with E-state index in [0.29, 0.717) is 20.4 Å². The van der Waals surface area contributed by atoms with Crippen LogP contribution in [0.1, 0.15) is 20.8 Å². The average molecular weight is 414 g/mol. The number of amides is 1. The van der Waals surface area contributed by atoms with Gasteiger partial charge in [-0.25, -0.2) is 19.2 Å². The van der Waals surface area contributed by atoms with Crippen molar-refractivity contribution in [3.63, 3.8) is 0 Å². The molecule has 1 aromatic carbocycles. The van der Waals surface area contributed by atoms with Crippen LogP contribution < -0.4 is 5.32 Å². The predicted molar refractivity (Wildman–Crippen MR) is 103 cm³/mol. The molecule has 3 aromatic rings. The number of fused-ring (bicyclic) bond motifs is 1. The third kappa shape index (κ3) is 4.06. The van der Waals surface area contributed by atoms with Gasteiger partial charge in [0.1, 0.15) is 21.6 Å². The van der Waals surface area contributed by atoms with Crippen molar-refractivity contribution in [2.24, 2.45) is 0 Å². The highest BCUT2D eigenvalue weighted by atomic mass is 35.5. The molecule has 0 unspecified atom stereocenters. The Kier molecular flexibility index (Phi) is 5.05. The van der Waals surface area contributed by atoms with Crippen molar-refractivity contribution >= 4 is 56.5 Å². The smallest absolute Gasteiger partial charge is 0.412 e. The first kappa shape index (κ1) is 18.8. The summed E-state index contributed by atoms with van der Waals surface area (Å²) in [4.78, 5) is 20.2. The van der Waals surface area contributed by atoms with Crippen molar-refractivity contribution < 1.29 is 13.9 Å². The van der Waals surface area contributed by atoms with Crippen LogP contribution in [0.2, 0.25) is 10.2 Å². The second kappa shape index (κ2) is 6.98. The molecule has 0 aliphatic rings. The SMILES string of the molecule is CC(C)(C)OC(=O)Nc1cc(F)c(-c2nc3ccnc(Cl)c3s2)c(Cl)c1. The first-order valence-corrected chi connectivity index (χ1v) is 9.12. The van der Waals surface area contributed by atoms with Gasteiger partial charge in [-0.3, -0.25) is 5.32 Å². The molecule has 136 valence electrons. The molecule has 2 heterocycles. The van der Waals surface area contributed by atoms with Gasteiger partial charge in [0, 0.05) is 11.9 Å². The van der Waals surface area contributed by atoms with Gasteiger partial charge in [-0.1, -0.05) is 23.2 Å². The molecule has 26 heavy (non-hydrogen) atoms. The van der Waals surface area contributed by atoms with Gasteiger partial charge in [0.25, 0.3) is 0 Å². The number of rotatable bonds is 2. The number of aromatic nitrogens is 2. The number of benzene rings is 1. The molecule has 0 bridgehead atoms. The maximum absolute atomic E-state index is 14.7. The number of nitrogens with zero attached hydrogens (tertiary/aromatic N) is 2.